The summed E-state index contributed by atoms with van der Waals surface area (Å²) in [4.78, 5) is 66.4. The Bertz CT molecular complexity index is 1300. The zero-order chi connectivity index (χ0) is 32.6. The molecular formula is C29H39N7O8. The Morgan fingerprint density at radius 3 is 1.77 bits per heavy atom. The molecule has 15 heteroatoms. The normalized spacial score (nSPS) is 13.4. The highest BCUT2D eigenvalue weighted by Gasteiger charge is 2.31. The van der Waals surface area contributed by atoms with Crippen LogP contribution < -0.4 is 33.2 Å². The molecule has 0 aliphatic rings. The lowest BCUT2D eigenvalue weighted by molar-refractivity contribution is -0.143. The van der Waals surface area contributed by atoms with Crippen LogP contribution in [0, 0.1) is 0 Å². The van der Waals surface area contributed by atoms with Gasteiger partial charge in [0.2, 0.25) is 17.7 Å². The lowest BCUT2D eigenvalue weighted by atomic mass is 10.0. The van der Waals surface area contributed by atoms with E-state index in [1.807, 2.05) is 0 Å². The SMILES string of the molecule is NC(N)=NCCCC(N)C(=O)NC(Cc1ccc(O)cc1)C(=O)NC(Cc1ccccc1)C(=O)NC(CCC(=O)O)C(=O)O. The number of nitrogens with zero attached hydrogens (tertiary/aromatic N) is 1. The van der Waals surface area contributed by atoms with E-state index in [0.717, 1.165) is 0 Å². The number of nitrogens with one attached hydrogen (secondary N) is 3. The maximum atomic E-state index is 13.6. The summed E-state index contributed by atoms with van der Waals surface area (Å²) in [6, 6.07) is 9.55. The minimum atomic E-state index is -1.52. The number of phenolic OH excluding ortho intramolecular Hbond substituents is 1. The van der Waals surface area contributed by atoms with Crippen LogP contribution in [0.15, 0.2) is 59.6 Å². The monoisotopic (exact) mass is 613 g/mol. The van der Waals surface area contributed by atoms with Crippen LogP contribution in [0.1, 0.15) is 36.8 Å². The van der Waals surface area contributed by atoms with Crippen molar-refractivity contribution in [2.75, 3.05) is 6.54 Å². The van der Waals surface area contributed by atoms with Crippen LogP contribution in [-0.4, -0.2) is 81.7 Å². The number of hydrogen-bond donors (Lipinski definition) is 9. The van der Waals surface area contributed by atoms with E-state index in [2.05, 4.69) is 20.9 Å². The standard InChI is InChI=1S/C29H39N7O8/c30-20(7-4-14-33-29(31)32)25(40)35-22(16-18-8-10-19(37)11-9-18)27(42)36-23(15-17-5-2-1-3-6-17)26(41)34-21(28(43)44)12-13-24(38)39/h1-3,5-6,8-11,20-23,37H,4,7,12-16,30H2,(H,34,41)(H,35,40)(H,36,42)(H,38,39)(H,43,44)(H4,31,32,33). The molecule has 0 spiro atoms. The van der Waals surface area contributed by atoms with Gasteiger partial charge in [-0.3, -0.25) is 24.2 Å². The second-order valence-corrected chi connectivity index (χ2v) is 10.1. The van der Waals surface area contributed by atoms with Crippen LogP contribution in [0.25, 0.3) is 0 Å². The van der Waals surface area contributed by atoms with Gasteiger partial charge in [0.25, 0.3) is 0 Å². The minimum absolute atomic E-state index is 0.00272. The summed E-state index contributed by atoms with van der Waals surface area (Å²) in [5, 5.41) is 35.7. The number of carbonyl (C=O) groups is 5. The van der Waals surface area contributed by atoms with Crippen LogP contribution >= 0.6 is 0 Å². The van der Waals surface area contributed by atoms with Gasteiger partial charge < -0.3 is 48.5 Å². The quantitative estimate of drug-likeness (QED) is 0.0556. The Kier molecular flexibility index (Phi) is 14.1. The number of aliphatic carboxylic acids is 2. The van der Waals surface area contributed by atoms with Crippen molar-refractivity contribution in [2.45, 2.75) is 62.7 Å². The number of carboxylic acids is 2. The van der Waals surface area contributed by atoms with E-state index >= 15 is 0 Å². The molecule has 4 atom stereocenters. The number of nitrogens with two attached hydrogens (primary N) is 3. The largest absolute Gasteiger partial charge is 0.508 e. The molecule has 0 fully saturated rings. The summed E-state index contributed by atoms with van der Waals surface area (Å²) in [6.07, 6.45) is -0.333. The van der Waals surface area contributed by atoms with E-state index in [4.69, 9.17) is 22.3 Å². The molecule has 44 heavy (non-hydrogen) atoms. The Balaban J connectivity index is 2.28. The average Bonchev–Trinajstić information content (AvgIpc) is 2.97. The summed E-state index contributed by atoms with van der Waals surface area (Å²) < 4.78 is 0. The molecule has 0 aliphatic heterocycles. The Hall–Kier alpha value is -5.18. The molecule has 0 aliphatic carbocycles. The van der Waals surface area contributed by atoms with Crippen LogP contribution in [0.4, 0.5) is 0 Å². The van der Waals surface area contributed by atoms with E-state index in [1.54, 1.807) is 42.5 Å². The lowest BCUT2D eigenvalue weighted by Gasteiger charge is -2.25. The molecule has 4 unspecified atom stereocenters. The number of carbonyl (C=O) groups excluding carboxylic acids is 3. The molecule has 0 bridgehead atoms. The van der Waals surface area contributed by atoms with Crippen LogP contribution in [-0.2, 0) is 36.8 Å². The van der Waals surface area contributed by atoms with Gasteiger partial charge in [-0.2, -0.15) is 0 Å². The van der Waals surface area contributed by atoms with Crippen molar-refractivity contribution in [3.8, 4) is 5.75 Å². The third-order valence-corrected chi connectivity index (χ3v) is 6.49. The predicted octanol–water partition coefficient (Wildman–Crippen LogP) is -1.04. The number of aliphatic imine (C=N–C) groups is 1. The first-order valence-electron chi connectivity index (χ1n) is 13.8. The molecule has 0 radical (unpaired) electrons. The highest BCUT2D eigenvalue weighted by atomic mass is 16.4. The van der Waals surface area contributed by atoms with Crippen molar-refractivity contribution in [3.05, 3.63) is 65.7 Å². The molecule has 2 aromatic carbocycles. The number of aromatic hydroxyl groups is 1. The van der Waals surface area contributed by atoms with Crippen LogP contribution in [0.5, 0.6) is 5.75 Å². The average molecular weight is 614 g/mol. The lowest BCUT2D eigenvalue weighted by Crippen LogP contribution is -2.58. The van der Waals surface area contributed by atoms with Crippen molar-refractivity contribution >= 4 is 35.6 Å². The fourth-order valence-electron chi connectivity index (χ4n) is 4.14. The fraction of sp³-hybridized carbons (Fsp3) is 0.379. The number of guanidine groups is 1. The van der Waals surface area contributed by atoms with E-state index in [0.29, 0.717) is 17.5 Å². The van der Waals surface area contributed by atoms with Gasteiger partial charge in [-0.1, -0.05) is 42.5 Å². The highest BCUT2D eigenvalue weighted by Crippen LogP contribution is 2.13. The molecule has 3 amide bonds. The van der Waals surface area contributed by atoms with E-state index < -0.39 is 60.2 Å². The summed E-state index contributed by atoms with van der Waals surface area (Å²) in [5.74, 6) is -5.02. The predicted molar refractivity (Wildman–Crippen MR) is 160 cm³/mol. The summed E-state index contributed by atoms with van der Waals surface area (Å²) in [6.45, 7) is 0.251. The van der Waals surface area contributed by atoms with Crippen molar-refractivity contribution in [2.24, 2.45) is 22.2 Å². The summed E-state index contributed by atoms with van der Waals surface area (Å²) in [7, 11) is 0. The minimum Gasteiger partial charge on any atom is -0.508 e. The number of hydrogen-bond acceptors (Lipinski definition) is 8. The maximum absolute atomic E-state index is 13.6. The van der Waals surface area contributed by atoms with Gasteiger partial charge in [0.05, 0.1) is 6.04 Å². The van der Waals surface area contributed by atoms with Crippen molar-refractivity contribution in [3.63, 3.8) is 0 Å². The zero-order valence-electron chi connectivity index (χ0n) is 24.0. The van der Waals surface area contributed by atoms with Gasteiger partial charge in [-0.15, -0.1) is 0 Å². The molecule has 15 nitrogen and oxygen atoms in total. The second kappa shape index (κ2) is 17.7. The van der Waals surface area contributed by atoms with Gasteiger partial charge >= 0.3 is 11.9 Å². The third kappa shape index (κ3) is 12.8. The highest BCUT2D eigenvalue weighted by molar-refractivity contribution is 5.94. The first-order valence-corrected chi connectivity index (χ1v) is 13.8. The first-order chi connectivity index (χ1) is 20.8. The van der Waals surface area contributed by atoms with E-state index in [1.165, 1.54) is 12.1 Å². The topological polar surface area (TPSA) is 273 Å². The molecular weight excluding hydrogens is 574 g/mol. The summed E-state index contributed by atoms with van der Waals surface area (Å²) >= 11 is 0. The summed E-state index contributed by atoms with van der Waals surface area (Å²) in [5.41, 5.74) is 17.9. The van der Waals surface area contributed by atoms with Gasteiger partial charge in [-0.05, 0) is 42.5 Å². The molecule has 0 aromatic heterocycles. The molecule has 0 saturated carbocycles. The number of benzene rings is 2. The Morgan fingerprint density at radius 2 is 1.25 bits per heavy atom. The van der Waals surface area contributed by atoms with Crippen molar-refractivity contribution < 1.29 is 39.3 Å². The van der Waals surface area contributed by atoms with Crippen LogP contribution in [0.2, 0.25) is 0 Å². The second-order valence-electron chi connectivity index (χ2n) is 10.1. The maximum Gasteiger partial charge on any atom is 0.326 e. The number of phenols is 1. The molecule has 0 heterocycles. The van der Waals surface area contributed by atoms with Gasteiger partial charge in [0.1, 0.15) is 23.9 Å². The Labute approximate surface area is 253 Å². The Morgan fingerprint density at radius 1 is 0.727 bits per heavy atom. The van der Waals surface area contributed by atoms with Gasteiger partial charge in [-0.25, -0.2) is 4.79 Å². The fourth-order valence-corrected chi connectivity index (χ4v) is 4.14. The molecule has 0 saturated heterocycles. The molecule has 12 N–H and O–H groups in total. The van der Waals surface area contributed by atoms with Crippen LogP contribution in [0.3, 0.4) is 0 Å². The van der Waals surface area contributed by atoms with Gasteiger partial charge in [0.15, 0.2) is 5.96 Å². The molecule has 2 rings (SSSR count). The van der Waals surface area contributed by atoms with Crippen molar-refractivity contribution in [1.82, 2.24) is 16.0 Å². The van der Waals surface area contributed by atoms with Gasteiger partial charge in [0, 0.05) is 25.8 Å². The number of rotatable bonds is 18. The first kappa shape index (κ1) is 35.0. The van der Waals surface area contributed by atoms with E-state index in [-0.39, 0.29) is 43.9 Å². The smallest absolute Gasteiger partial charge is 0.326 e. The zero-order valence-corrected chi connectivity index (χ0v) is 24.0. The molecule has 2 aromatic rings. The van der Waals surface area contributed by atoms with Crippen molar-refractivity contribution in [1.29, 1.82) is 0 Å². The van der Waals surface area contributed by atoms with E-state index in [9.17, 15) is 34.2 Å². The number of carboxylic acid groups (broad SMARTS) is 2. The number of amides is 3. The third-order valence-electron chi connectivity index (χ3n) is 6.49. The molecule has 238 valence electrons.